The van der Waals surface area contributed by atoms with Crippen LogP contribution in [0.15, 0.2) is 47.1 Å². The van der Waals surface area contributed by atoms with Crippen molar-refractivity contribution in [1.82, 2.24) is 15.5 Å². The van der Waals surface area contributed by atoms with Crippen molar-refractivity contribution in [3.05, 3.63) is 59.8 Å². The predicted molar refractivity (Wildman–Crippen MR) is 80.4 cm³/mol. The van der Waals surface area contributed by atoms with Gasteiger partial charge in [0.05, 0.1) is 12.8 Å². The number of nitrogens with zero attached hydrogens (tertiary/aromatic N) is 1. The number of urea groups is 1. The fraction of sp³-hybridized carbons (Fsp3) is 0.188. The first kappa shape index (κ1) is 18.4. The van der Waals surface area contributed by atoms with Crippen LogP contribution >= 0.6 is 0 Å². The van der Waals surface area contributed by atoms with Gasteiger partial charge >= 0.3 is 12.2 Å². The minimum absolute atomic E-state index is 0.0707. The Labute approximate surface area is 148 Å². The molecule has 0 saturated carbocycles. The molecule has 1 aliphatic heterocycles. The molecular formula is C16H11F4N3O4. The van der Waals surface area contributed by atoms with Gasteiger partial charge in [0.1, 0.15) is 11.6 Å². The second-order valence-corrected chi connectivity index (χ2v) is 5.61. The summed E-state index contributed by atoms with van der Waals surface area (Å²) in [5.41, 5.74) is -3.98. The van der Waals surface area contributed by atoms with Crippen LogP contribution < -0.4 is 10.6 Å². The van der Waals surface area contributed by atoms with Gasteiger partial charge in [0, 0.05) is 5.56 Å². The van der Waals surface area contributed by atoms with Crippen molar-refractivity contribution in [1.29, 1.82) is 0 Å². The molecule has 1 fully saturated rings. The molecule has 1 aliphatic rings. The summed E-state index contributed by atoms with van der Waals surface area (Å²) in [5, 5.41) is 3.01. The highest BCUT2D eigenvalue weighted by Gasteiger charge is 2.68. The molecule has 1 aromatic heterocycles. The van der Waals surface area contributed by atoms with Gasteiger partial charge in [-0.2, -0.15) is 13.2 Å². The van der Waals surface area contributed by atoms with Crippen LogP contribution in [0.3, 0.4) is 0 Å². The third-order valence-corrected chi connectivity index (χ3v) is 3.83. The lowest BCUT2D eigenvalue weighted by Crippen LogP contribution is -2.69. The van der Waals surface area contributed by atoms with Crippen LogP contribution in [0.25, 0.3) is 0 Å². The molecule has 7 nitrogen and oxygen atoms in total. The summed E-state index contributed by atoms with van der Waals surface area (Å²) in [5.74, 6) is -3.67. The van der Waals surface area contributed by atoms with Gasteiger partial charge in [0.25, 0.3) is 17.5 Å². The Morgan fingerprint density at radius 1 is 1.19 bits per heavy atom. The standard InChI is InChI=1S/C16H11F4N3O4/c17-10-5-3-9(4-6-10)12(24)21-15(16(18,19)20)13(25)23(14(26)22-15)8-11-2-1-7-27-11/h1-7H,8H2,(H,21,24)(H,22,26). The van der Waals surface area contributed by atoms with Crippen LogP contribution in [-0.2, 0) is 11.3 Å². The molecule has 0 spiro atoms. The summed E-state index contributed by atoms with van der Waals surface area (Å²) in [6.07, 6.45) is -4.12. The van der Waals surface area contributed by atoms with Crippen molar-refractivity contribution in [3.8, 4) is 0 Å². The van der Waals surface area contributed by atoms with E-state index in [1.807, 2.05) is 0 Å². The maximum atomic E-state index is 13.7. The first-order valence-electron chi connectivity index (χ1n) is 7.45. The number of nitrogens with one attached hydrogen (secondary N) is 2. The molecule has 1 unspecified atom stereocenters. The number of benzene rings is 1. The topological polar surface area (TPSA) is 91.7 Å². The van der Waals surface area contributed by atoms with E-state index in [0.29, 0.717) is 0 Å². The molecule has 1 aromatic carbocycles. The van der Waals surface area contributed by atoms with Gasteiger partial charge in [-0.15, -0.1) is 0 Å². The van der Waals surface area contributed by atoms with Gasteiger partial charge < -0.3 is 9.73 Å². The second-order valence-electron chi connectivity index (χ2n) is 5.61. The molecular weight excluding hydrogens is 374 g/mol. The fourth-order valence-electron chi connectivity index (χ4n) is 2.47. The van der Waals surface area contributed by atoms with E-state index in [1.54, 1.807) is 0 Å². The molecule has 2 heterocycles. The van der Waals surface area contributed by atoms with E-state index in [2.05, 4.69) is 0 Å². The molecule has 2 aromatic rings. The predicted octanol–water partition coefficient (Wildman–Crippen LogP) is 2.16. The largest absolute Gasteiger partial charge is 0.467 e. The normalized spacial score (nSPS) is 19.9. The van der Waals surface area contributed by atoms with Crippen LogP contribution in [0, 0.1) is 5.82 Å². The van der Waals surface area contributed by atoms with E-state index in [0.717, 1.165) is 24.3 Å². The number of alkyl halides is 3. The number of hydrogen-bond donors (Lipinski definition) is 2. The first-order chi connectivity index (χ1) is 12.6. The molecule has 27 heavy (non-hydrogen) atoms. The lowest BCUT2D eigenvalue weighted by Gasteiger charge is -2.29. The quantitative estimate of drug-likeness (QED) is 0.623. The van der Waals surface area contributed by atoms with Crippen LogP contribution in [0.1, 0.15) is 16.1 Å². The fourth-order valence-corrected chi connectivity index (χ4v) is 2.47. The summed E-state index contributed by atoms with van der Waals surface area (Å²) in [6, 6.07) is 5.06. The highest BCUT2D eigenvalue weighted by Crippen LogP contribution is 2.34. The average molecular weight is 385 g/mol. The van der Waals surface area contributed by atoms with Crippen molar-refractivity contribution in [3.63, 3.8) is 0 Å². The number of imide groups is 1. The van der Waals surface area contributed by atoms with Gasteiger partial charge in [-0.3, -0.25) is 19.8 Å². The highest BCUT2D eigenvalue weighted by molar-refractivity contribution is 6.10. The van der Waals surface area contributed by atoms with Crippen LogP contribution in [0.4, 0.5) is 22.4 Å². The Balaban J connectivity index is 1.91. The summed E-state index contributed by atoms with van der Waals surface area (Å²) in [6.45, 7) is -0.554. The van der Waals surface area contributed by atoms with Gasteiger partial charge in [-0.1, -0.05) is 0 Å². The lowest BCUT2D eigenvalue weighted by atomic mass is 10.1. The number of halogens is 4. The Morgan fingerprint density at radius 2 is 1.85 bits per heavy atom. The van der Waals surface area contributed by atoms with Crippen LogP contribution in [0.2, 0.25) is 0 Å². The smallest absolute Gasteiger partial charge is 0.440 e. The molecule has 11 heteroatoms. The monoisotopic (exact) mass is 385 g/mol. The van der Waals surface area contributed by atoms with E-state index in [-0.39, 0.29) is 16.2 Å². The minimum atomic E-state index is -5.34. The Hall–Kier alpha value is -3.37. The van der Waals surface area contributed by atoms with Crippen molar-refractivity contribution in [2.45, 2.75) is 18.4 Å². The minimum Gasteiger partial charge on any atom is -0.467 e. The summed E-state index contributed by atoms with van der Waals surface area (Å²) < 4.78 is 58.9. The molecule has 2 N–H and O–H groups in total. The molecule has 142 valence electrons. The molecule has 0 aliphatic carbocycles. The van der Waals surface area contributed by atoms with Crippen LogP contribution in [0.5, 0.6) is 0 Å². The number of rotatable bonds is 4. The van der Waals surface area contributed by atoms with Gasteiger partial charge in [0.2, 0.25) is 0 Å². The molecule has 0 bridgehead atoms. The van der Waals surface area contributed by atoms with Gasteiger partial charge in [-0.25, -0.2) is 9.18 Å². The zero-order chi connectivity index (χ0) is 19.8. The Bertz CT molecular complexity index is 880. The lowest BCUT2D eigenvalue weighted by molar-refractivity contribution is -0.200. The zero-order valence-electron chi connectivity index (χ0n) is 13.3. The zero-order valence-corrected chi connectivity index (χ0v) is 13.3. The molecule has 4 amide bonds. The van der Waals surface area contributed by atoms with E-state index < -0.39 is 42.0 Å². The summed E-state index contributed by atoms with van der Waals surface area (Å²) in [7, 11) is 0. The number of amides is 4. The molecule has 3 rings (SSSR count). The summed E-state index contributed by atoms with van der Waals surface area (Å²) in [4.78, 5) is 36.9. The Morgan fingerprint density at radius 3 is 2.41 bits per heavy atom. The maximum Gasteiger partial charge on any atom is 0.440 e. The Kier molecular flexibility index (Phi) is 4.38. The third-order valence-electron chi connectivity index (χ3n) is 3.83. The van der Waals surface area contributed by atoms with Gasteiger partial charge in [0.15, 0.2) is 0 Å². The van der Waals surface area contributed by atoms with Crippen molar-refractivity contribution >= 4 is 17.8 Å². The van der Waals surface area contributed by atoms with Crippen molar-refractivity contribution in [2.24, 2.45) is 0 Å². The van der Waals surface area contributed by atoms with Gasteiger partial charge in [-0.05, 0) is 36.4 Å². The molecule has 1 atom stereocenters. The molecule has 0 radical (unpaired) electrons. The van der Waals surface area contributed by atoms with Crippen molar-refractivity contribution in [2.75, 3.05) is 0 Å². The van der Waals surface area contributed by atoms with E-state index >= 15 is 0 Å². The van der Waals surface area contributed by atoms with Crippen molar-refractivity contribution < 1.29 is 36.4 Å². The maximum absolute atomic E-state index is 13.7. The summed E-state index contributed by atoms with van der Waals surface area (Å²) >= 11 is 0. The third kappa shape index (κ3) is 3.23. The van der Waals surface area contributed by atoms with Crippen LogP contribution in [-0.4, -0.2) is 34.6 Å². The van der Waals surface area contributed by atoms with E-state index in [1.165, 1.54) is 29.0 Å². The highest BCUT2D eigenvalue weighted by atomic mass is 19.4. The number of hydrogen-bond acceptors (Lipinski definition) is 4. The van der Waals surface area contributed by atoms with E-state index in [4.69, 9.17) is 4.42 Å². The SMILES string of the molecule is O=C(NC1(C(F)(F)F)NC(=O)N(Cc2ccco2)C1=O)c1ccc(F)cc1. The average Bonchev–Trinajstić information content (AvgIpc) is 3.18. The van der Waals surface area contributed by atoms with E-state index in [9.17, 15) is 31.9 Å². The number of carbonyl (C=O) groups excluding carboxylic acids is 3. The second kappa shape index (κ2) is 6.41. The number of furan rings is 1. The first-order valence-corrected chi connectivity index (χ1v) is 7.45. The molecule has 1 saturated heterocycles. The number of carbonyl (C=O) groups is 3.